The van der Waals surface area contributed by atoms with Gasteiger partial charge in [-0.25, -0.2) is 15.0 Å². The zero-order valence-electron chi connectivity index (χ0n) is 38.2. The monoisotopic (exact) mass is 798 g/mol. The number of benzene rings is 7. The lowest BCUT2D eigenvalue weighted by atomic mass is 9.60. The molecule has 18 heteroatoms. The van der Waals surface area contributed by atoms with Crippen LogP contribution in [0.5, 0.6) is 0 Å². The molecule has 0 N–H and O–H groups in total. The van der Waals surface area contributed by atoms with Crippen LogP contribution < -0.4 is 65.6 Å². The molecule has 4 aromatic heterocycles. The molecule has 0 bridgehead atoms. The molecule has 11 aromatic rings. The van der Waals surface area contributed by atoms with Crippen molar-refractivity contribution in [3.8, 4) is 39.9 Å². The maximum absolute atomic E-state index is 6.91. The van der Waals surface area contributed by atoms with Crippen LogP contribution in [0.25, 0.3) is 106 Å². The Morgan fingerprint density at radius 1 is 0.365 bits per heavy atom. The van der Waals surface area contributed by atoms with Gasteiger partial charge in [-0.1, -0.05) is 80.7 Å². The van der Waals surface area contributed by atoms with Gasteiger partial charge in [0.25, 0.3) is 0 Å². The summed E-state index contributed by atoms with van der Waals surface area (Å²) in [5.41, 5.74) is 24.3. The molecular formula is C45H38B12N4O2. The third-order valence-corrected chi connectivity index (χ3v) is 15.0. The summed E-state index contributed by atoms with van der Waals surface area (Å²) in [4.78, 5) is 16.1. The highest BCUT2D eigenvalue weighted by atomic mass is 16.3. The number of nitrogens with zero attached hydrogens (tertiary/aromatic N) is 4. The lowest BCUT2D eigenvalue weighted by Gasteiger charge is -2.20. The van der Waals surface area contributed by atoms with Crippen molar-refractivity contribution < 1.29 is 8.83 Å². The molecule has 0 aliphatic carbocycles. The molecule has 0 saturated carbocycles. The topological polar surface area (TPSA) is 69.9 Å². The summed E-state index contributed by atoms with van der Waals surface area (Å²) in [7, 11) is 26.4. The SMILES string of the molecule is Bc1c(B)c(B)c(-c2nc(-c3ccc4c(c3)oc3cc(-n5c6ccccc6c6ccccc65)ccc34)nc(-c3c(B)c(B)c4c(oc5c(B)c(B)c(B)c(B)c54)c3B)n2)c(B)c1B. The van der Waals surface area contributed by atoms with E-state index >= 15 is 0 Å². The third-order valence-electron chi connectivity index (χ3n) is 15.0. The van der Waals surface area contributed by atoms with E-state index in [4.69, 9.17) is 23.8 Å². The molecule has 0 spiro atoms. The maximum atomic E-state index is 6.91. The number of rotatable bonds is 4. The van der Waals surface area contributed by atoms with Gasteiger partial charge < -0.3 is 13.4 Å². The van der Waals surface area contributed by atoms with Gasteiger partial charge in [0.2, 0.25) is 0 Å². The van der Waals surface area contributed by atoms with Gasteiger partial charge in [-0.05, 0) is 41.9 Å². The van der Waals surface area contributed by atoms with Crippen molar-refractivity contribution in [2.75, 3.05) is 0 Å². The molecule has 7 aromatic carbocycles. The van der Waals surface area contributed by atoms with Crippen LogP contribution in [0.3, 0.4) is 0 Å². The van der Waals surface area contributed by atoms with Crippen molar-refractivity contribution in [1.82, 2.24) is 19.5 Å². The van der Waals surface area contributed by atoms with E-state index < -0.39 is 0 Å². The van der Waals surface area contributed by atoms with Gasteiger partial charge in [0.1, 0.15) is 116 Å². The summed E-state index contributed by atoms with van der Waals surface area (Å²) >= 11 is 0. The Labute approximate surface area is 376 Å². The number of para-hydroxylation sites is 2. The lowest BCUT2D eigenvalue weighted by Crippen LogP contribution is -2.55. The quantitative estimate of drug-likeness (QED) is 0.166. The fraction of sp³-hybridized carbons (Fsp3) is 0. The van der Waals surface area contributed by atoms with E-state index in [0.29, 0.717) is 17.5 Å². The van der Waals surface area contributed by atoms with Crippen LogP contribution >= 0.6 is 0 Å². The first-order valence-corrected chi connectivity index (χ1v) is 22.0. The summed E-state index contributed by atoms with van der Waals surface area (Å²) < 4.78 is 16.0. The van der Waals surface area contributed by atoms with E-state index in [2.05, 4.69) is 184 Å². The molecule has 0 unspecified atom stereocenters. The fourth-order valence-electron chi connectivity index (χ4n) is 10.5. The minimum absolute atomic E-state index is 0.595. The normalized spacial score (nSPS) is 11.9. The molecule has 0 fully saturated rings. The summed E-state index contributed by atoms with van der Waals surface area (Å²) in [6.07, 6.45) is 0. The minimum atomic E-state index is 0.595. The van der Waals surface area contributed by atoms with Crippen LogP contribution in [0.1, 0.15) is 0 Å². The zero-order valence-corrected chi connectivity index (χ0v) is 38.2. The molecule has 11 rings (SSSR count). The molecule has 63 heavy (non-hydrogen) atoms. The predicted octanol–water partition coefficient (Wildman–Crippen LogP) is -9.13. The molecule has 0 aliphatic heterocycles. The largest absolute Gasteiger partial charge is 0.457 e. The second-order valence-corrected chi connectivity index (χ2v) is 17.9. The number of aromatic nitrogens is 4. The van der Waals surface area contributed by atoms with Crippen molar-refractivity contribution in [2.45, 2.75) is 0 Å². The Morgan fingerprint density at radius 2 is 0.810 bits per heavy atom. The lowest BCUT2D eigenvalue weighted by molar-refractivity contribution is 0.668. The second kappa shape index (κ2) is 14.1. The highest BCUT2D eigenvalue weighted by molar-refractivity contribution is 6.70. The zero-order chi connectivity index (χ0) is 43.9. The van der Waals surface area contributed by atoms with Crippen molar-refractivity contribution in [3.63, 3.8) is 0 Å². The average molecular weight is 797 g/mol. The highest BCUT2D eigenvalue weighted by Gasteiger charge is 2.26. The molecule has 0 amide bonds. The van der Waals surface area contributed by atoms with E-state index in [1.807, 2.05) is 0 Å². The van der Waals surface area contributed by atoms with E-state index in [1.54, 1.807) is 0 Å². The van der Waals surface area contributed by atoms with E-state index in [-0.39, 0.29) is 0 Å². The first-order chi connectivity index (χ1) is 30.2. The summed E-state index contributed by atoms with van der Waals surface area (Å²) in [5.74, 6) is 1.89. The van der Waals surface area contributed by atoms with Crippen molar-refractivity contribution in [3.05, 3.63) is 84.9 Å². The van der Waals surface area contributed by atoms with Crippen molar-refractivity contribution in [1.29, 1.82) is 0 Å². The van der Waals surface area contributed by atoms with Gasteiger partial charge in [-0.3, -0.25) is 0 Å². The minimum Gasteiger partial charge on any atom is -0.457 e. The molecule has 0 atom stereocenters. The molecule has 6 nitrogen and oxygen atoms in total. The first-order valence-electron chi connectivity index (χ1n) is 22.0. The van der Waals surface area contributed by atoms with Gasteiger partial charge in [-0.2, -0.15) is 0 Å². The first kappa shape index (κ1) is 39.6. The summed E-state index contributed by atoms with van der Waals surface area (Å²) in [6, 6.07) is 30.1. The number of hydrogen-bond acceptors (Lipinski definition) is 5. The Balaban J connectivity index is 1.13. The fourth-order valence-corrected chi connectivity index (χ4v) is 10.5. The van der Waals surface area contributed by atoms with Crippen LogP contribution in [-0.4, -0.2) is 114 Å². The van der Waals surface area contributed by atoms with E-state index in [1.165, 1.54) is 76.2 Å². The Morgan fingerprint density at radius 3 is 1.43 bits per heavy atom. The smallest absolute Gasteiger partial charge is 0.164 e. The molecule has 286 valence electrons. The van der Waals surface area contributed by atoms with Gasteiger partial charge in [-0.15, -0.1) is 21.9 Å². The van der Waals surface area contributed by atoms with Gasteiger partial charge in [0, 0.05) is 60.8 Å². The van der Waals surface area contributed by atoms with Gasteiger partial charge >= 0.3 is 0 Å². The third kappa shape index (κ3) is 5.58. The number of hydrogen-bond donors (Lipinski definition) is 0. The van der Waals surface area contributed by atoms with E-state index in [0.717, 1.165) is 77.4 Å². The maximum Gasteiger partial charge on any atom is 0.164 e. The van der Waals surface area contributed by atoms with Gasteiger partial charge in [0.05, 0.1) is 11.0 Å². The molecule has 0 radical (unpaired) electrons. The molecule has 4 heterocycles. The Hall–Kier alpha value is -6.27. The van der Waals surface area contributed by atoms with Gasteiger partial charge in [0.15, 0.2) is 17.5 Å². The molecule has 0 aliphatic rings. The number of fused-ring (bicyclic) bond motifs is 9. The van der Waals surface area contributed by atoms with Crippen LogP contribution in [0.4, 0.5) is 0 Å². The highest BCUT2D eigenvalue weighted by Crippen LogP contribution is 2.37. The number of furan rings is 2. The second-order valence-electron chi connectivity index (χ2n) is 17.9. The van der Waals surface area contributed by atoms with Crippen LogP contribution in [0, 0.1) is 0 Å². The van der Waals surface area contributed by atoms with Crippen molar-refractivity contribution >= 4 is 225 Å². The average Bonchev–Trinajstić information content (AvgIpc) is 3.98. The standard InChI is InChI=1S/C45H38B12N4O2/c46-29-25-26-30(47)35(52)39(56)40(57)42(26)63-41(25)34(51)28(31(29)48)45-59-43(58-44(60-45)27-32(49)36(53)38(55)37(54)33(27)50)15-9-11-19-20-12-10-16(14-24(20)62-23(19)13-15)61-21-7-3-1-5-17(21)18-6-2-4-8-22(18)61/h1-14H,46-57H2. The molecular weight excluding hydrogens is 758 g/mol. The molecule has 0 saturated heterocycles. The Kier molecular flexibility index (Phi) is 8.87. The Bertz CT molecular complexity index is 3780. The van der Waals surface area contributed by atoms with Crippen molar-refractivity contribution in [2.24, 2.45) is 0 Å². The van der Waals surface area contributed by atoms with E-state index in [9.17, 15) is 0 Å². The summed E-state index contributed by atoms with van der Waals surface area (Å²) in [6.45, 7) is 0. The van der Waals surface area contributed by atoms with Crippen LogP contribution in [0.15, 0.2) is 93.8 Å². The van der Waals surface area contributed by atoms with Crippen LogP contribution in [-0.2, 0) is 0 Å². The predicted molar refractivity (Wildman–Crippen MR) is 303 cm³/mol. The summed E-state index contributed by atoms with van der Waals surface area (Å²) in [5, 5.41) is 6.95. The van der Waals surface area contributed by atoms with Crippen LogP contribution in [0.2, 0.25) is 0 Å².